The van der Waals surface area contributed by atoms with Gasteiger partial charge in [0.2, 0.25) is 5.78 Å². The van der Waals surface area contributed by atoms with E-state index in [2.05, 4.69) is 0 Å². The van der Waals surface area contributed by atoms with Gasteiger partial charge in [-0.15, -0.1) is 11.3 Å². The fourth-order valence-electron chi connectivity index (χ4n) is 1.27. The van der Waals surface area contributed by atoms with Crippen LogP contribution in [0.4, 0.5) is 0 Å². The third kappa shape index (κ3) is 3.46. The second-order valence-corrected chi connectivity index (χ2v) is 5.11. The largest absolute Gasteiger partial charge is 0.485 e. The molecule has 0 aliphatic carbocycles. The van der Waals surface area contributed by atoms with Crippen molar-refractivity contribution in [3.8, 4) is 5.75 Å². The Hall–Kier alpha value is -1.03. The smallest absolute Gasteiger partial charge is 0.210 e. The van der Waals surface area contributed by atoms with E-state index in [0.29, 0.717) is 20.7 Å². The molecule has 0 N–H and O–H groups in total. The summed E-state index contributed by atoms with van der Waals surface area (Å²) in [5, 5.41) is 2.82. The van der Waals surface area contributed by atoms with Crippen molar-refractivity contribution >= 4 is 40.3 Å². The summed E-state index contributed by atoms with van der Waals surface area (Å²) in [7, 11) is 0. The van der Waals surface area contributed by atoms with Gasteiger partial charge >= 0.3 is 0 Å². The summed E-state index contributed by atoms with van der Waals surface area (Å²) in [6, 6.07) is 8.44. The van der Waals surface area contributed by atoms with E-state index in [4.69, 9.17) is 27.9 Å². The van der Waals surface area contributed by atoms with Crippen molar-refractivity contribution in [2.45, 2.75) is 0 Å². The highest BCUT2D eigenvalue weighted by atomic mass is 35.5. The monoisotopic (exact) mass is 286 g/mol. The maximum Gasteiger partial charge on any atom is 0.210 e. The van der Waals surface area contributed by atoms with E-state index in [-0.39, 0.29) is 12.4 Å². The lowest BCUT2D eigenvalue weighted by atomic mass is 10.3. The van der Waals surface area contributed by atoms with Crippen molar-refractivity contribution in [3.05, 3.63) is 50.6 Å². The fraction of sp³-hybridized carbons (Fsp3) is 0.0833. The normalized spacial score (nSPS) is 10.2. The number of benzene rings is 1. The Bertz CT molecular complexity index is 503. The number of halogens is 2. The Morgan fingerprint density at radius 3 is 2.53 bits per heavy atom. The van der Waals surface area contributed by atoms with Gasteiger partial charge in [-0.05, 0) is 29.6 Å². The highest BCUT2D eigenvalue weighted by molar-refractivity contribution is 7.12. The molecule has 1 aromatic heterocycles. The van der Waals surface area contributed by atoms with Gasteiger partial charge in [0.05, 0.1) is 4.88 Å². The van der Waals surface area contributed by atoms with Gasteiger partial charge in [0.15, 0.2) is 6.61 Å². The Morgan fingerprint density at radius 2 is 1.94 bits per heavy atom. The van der Waals surface area contributed by atoms with Crippen molar-refractivity contribution in [2.24, 2.45) is 0 Å². The molecule has 0 aliphatic rings. The molecule has 2 rings (SSSR count). The number of Topliss-reactive ketones (excluding diaryl/α,β-unsaturated/α-hetero) is 1. The van der Waals surface area contributed by atoms with Crippen LogP contribution >= 0.6 is 34.5 Å². The number of thiophene rings is 1. The highest BCUT2D eigenvalue weighted by Gasteiger charge is 2.08. The molecule has 0 fully saturated rings. The van der Waals surface area contributed by atoms with Gasteiger partial charge in [-0.25, -0.2) is 0 Å². The average Bonchev–Trinajstić information content (AvgIpc) is 2.78. The summed E-state index contributed by atoms with van der Waals surface area (Å²) in [5.74, 6) is 0.434. The van der Waals surface area contributed by atoms with Crippen molar-refractivity contribution < 1.29 is 9.53 Å². The highest BCUT2D eigenvalue weighted by Crippen LogP contribution is 2.24. The number of hydrogen-bond acceptors (Lipinski definition) is 3. The van der Waals surface area contributed by atoms with Crippen LogP contribution in [0.15, 0.2) is 35.7 Å². The van der Waals surface area contributed by atoms with Crippen LogP contribution in [-0.2, 0) is 0 Å². The summed E-state index contributed by atoms with van der Waals surface area (Å²) in [6.07, 6.45) is 0. The molecule has 0 spiro atoms. The van der Waals surface area contributed by atoms with Gasteiger partial charge in [-0.3, -0.25) is 4.79 Å². The van der Waals surface area contributed by atoms with Gasteiger partial charge in [0, 0.05) is 10.0 Å². The first-order valence-electron chi connectivity index (χ1n) is 4.81. The average molecular weight is 287 g/mol. The molecule has 88 valence electrons. The van der Waals surface area contributed by atoms with Crippen molar-refractivity contribution in [1.29, 1.82) is 0 Å². The Balaban J connectivity index is 2.00. The molecule has 2 aromatic rings. The van der Waals surface area contributed by atoms with Crippen LogP contribution in [0.3, 0.4) is 0 Å². The second kappa shape index (κ2) is 5.54. The molecule has 5 heteroatoms. The van der Waals surface area contributed by atoms with E-state index < -0.39 is 0 Å². The molecule has 17 heavy (non-hydrogen) atoms. The van der Waals surface area contributed by atoms with E-state index in [0.717, 1.165) is 0 Å². The predicted octanol–water partition coefficient (Wildman–Crippen LogP) is 4.32. The minimum Gasteiger partial charge on any atom is -0.485 e. The topological polar surface area (TPSA) is 26.3 Å². The number of carbonyl (C=O) groups excluding carboxylic acids is 1. The minimum atomic E-state index is -0.0592. The molecule has 0 radical (unpaired) electrons. The molecule has 0 bridgehead atoms. The molecule has 0 saturated carbocycles. The van der Waals surface area contributed by atoms with E-state index in [1.165, 1.54) is 11.3 Å². The number of ketones is 1. The lowest BCUT2D eigenvalue weighted by Crippen LogP contribution is -2.09. The van der Waals surface area contributed by atoms with Crippen LogP contribution < -0.4 is 4.74 Å². The zero-order valence-corrected chi connectivity index (χ0v) is 11.0. The summed E-state index contributed by atoms with van der Waals surface area (Å²) in [5.41, 5.74) is 0. The van der Waals surface area contributed by atoms with Crippen LogP contribution in [-0.4, -0.2) is 12.4 Å². The lowest BCUT2D eigenvalue weighted by molar-refractivity contribution is 0.0925. The van der Waals surface area contributed by atoms with Gasteiger partial charge < -0.3 is 4.74 Å². The van der Waals surface area contributed by atoms with Crippen molar-refractivity contribution in [3.63, 3.8) is 0 Å². The molecule has 0 unspecified atom stereocenters. The standard InChI is InChI=1S/C12H8Cl2O2S/c13-8-4-9(14)6-10(5-8)16-7-11(15)12-2-1-3-17-12/h1-6H,7H2. The molecule has 1 heterocycles. The number of hydrogen-bond donors (Lipinski definition) is 0. The summed E-state index contributed by atoms with van der Waals surface area (Å²) >= 11 is 13.0. The first-order chi connectivity index (χ1) is 8.15. The maximum absolute atomic E-state index is 11.7. The van der Waals surface area contributed by atoms with Crippen molar-refractivity contribution in [1.82, 2.24) is 0 Å². The molecule has 0 saturated heterocycles. The zero-order chi connectivity index (χ0) is 12.3. The Morgan fingerprint density at radius 1 is 1.24 bits per heavy atom. The van der Waals surface area contributed by atoms with E-state index in [1.54, 1.807) is 24.3 Å². The van der Waals surface area contributed by atoms with E-state index >= 15 is 0 Å². The minimum absolute atomic E-state index is 0.0167. The van der Waals surface area contributed by atoms with Crippen molar-refractivity contribution in [2.75, 3.05) is 6.61 Å². The van der Waals surface area contributed by atoms with Crippen LogP contribution in [0.25, 0.3) is 0 Å². The van der Waals surface area contributed by atoms with Crippen LogP contribution in [0.1, 0.15) is 9.67 Å². The Kier molecular flexibility index (Phi) is 4.05. The molecular formula is C12H8Cl2O2S. The number of carbonyl (C=O) groups is 1. The van der Waals surface area contributed by atoms with E-state index in [1.807, 2.05) is 11.4 Å². The van der Waals surface area contributed by atoms with Crippen LogP contribution in [0.5, 0.6) is 5.75 Å². The summed E-state index contributed by atoms with van der Waals surface area (Å²) in [6.45, 7) is -0.0167. The first kappa shape index (κ1) is 12.4. The Labute approximate surface area is 113 Å². The lowest BCUT2D eigenvalue weighted by Gasteiger charge is -2.05. The number of ether oxygens (including phenoxy) is 1. The molecule has 0 aliphatic heterocycles. The zero-order valence-electron chi connectivity index (χ0n) is 8.65. The summed E-state index contributed by atoms with van der Waals surface area (Å²) in [4.78, 5) is 12.3. The molecular weight excluding hydrogens is 279 g/mol. The quantitative estimate of drug-likeness (QED) is 0.783. The SMILES string of the molecule is O=C(COc1cc(Cl)cc(Cl)c1)c1cccs1. The first-order valence-corrected chi connectivity index (χ1v) is 6.44. The van der Waals surface area contributed by atoms with Crippen LogP contribution in [0.2, 0.25) is 10.0 Å². The van der Waals surface area contributed by atoms with E-state index in [9.17, 15) is 4.79 Å². The predicted molar refractivity (Wildman–Crippen MR) is 70.6 cm³/mol. The van der Waals surface area contributed by atoms with Gasteiger partial charge in [-0.2, -0.15) is 0 Å². The third-order valence-corrected chi connectivity index (χ3v) is 3.35. The molecule has 2 nitrogen and oxygen atoms in total. The van der Waals surface area contributed by atoms with Gasteiger partial charge in [0.25, 0.3) is 0 Å². The number of rotatable bonds is 4. The third-order valence-electron chi connectivity index (χ3n) is 2.00. The maximum atomic E-state index is 11.7. The van der Waals surface area contributed by atoms with Gasteiger partial charge in [0.1, 0.15) is 5.75 Å². The molecule has 0 amide bonds. The molecule has 1 aromatic carbocycles. The summed E-state index contributed by atoms with van der Waals surface area (Å²) < 4.78 is 5.34. The fourth-order valence-corrected chi connectivity index (χ4v) is 2.43. The van der Waals surface area contributed by atoms with Gasteiger partial charge in [-0.1, -0.05) is 29.3 Å². The molecule has 0 atom stereocenters. The van der Waals surface area contributed by atoms with Crippen LogP contribution in [0, 0.1) is 0 Å². The second-order valence-electron chi connectivity index (χ2n) is 3.29.